The number of amides is 1. The van der Waals surface area contributed by atoms with E-state index in [0.717, 1.165) is 18.0 Å². The molecule has 1 aliphatic rings. The molecule has 0 spiro atoms. The van der Waals surface area contributed by atoms with E-state index in [-0.39, 0.29) is 11.9 Å². The van der Waals surface area contributed by atoms with E-state index >= 15 is 0 Å². The van der Waals surface area contributed by atoms with Crippen LogP contribution in [0.5, 0.6) is 0 Å². The molecule has 3 nitrogen and oxygen atoms in total. The lowest BCUT2D eigenvalue weighted by molar-refractivity contribution is 0.0930. The maximum absolute atomic E-state index is 12.2. The standard InChI is InChI=1S/C19H30N2O/c1-14(2)16(4)20-19(22)18-9-7-17(8-10-18)13-21-11-5-6-15(3)12-21/h7-10,14-16H,5-6,11-13H2,1-4H3,(H,20,22). The number of benzene rings is 1. The van der Waals surface area contributed by atoms with Crippen LogP contribution in [0.15, 0.2) is 24.3 Å². The predicted octanol–water partition coefficient (Wildman–Crippen LogP) is 3.69. The van der Waals surface area contributed by atoms with Crippen LogP contribution in [0.4, 0.5) is 0 Å². The third-order valence-electron chi connectivity index (χ3n) is 4.72. The van der Waals surface area contributed by atoms with E-state index in [4.69, 9.17) is 0 Å². The number of likely N-dealkylation sites (tertiary alicyclic amines) is 1. The molecular formula is C19H30N2O. The Labute approximate surface area is 135 Å². The zero-order valence-corrected chi connectivity index (χ0v) is 14.4. The van der Waals surface area contributed by atoms with Crippen LogP contribution in [0, 0.1) is 11.8 Å². The topological polar surface area (TPSA) is 32.3 Å². The largest absolute Gasteiger partial charge is 0.349 e. The molecule has 2 unspecified atom stereocenters. The van der Waals surface area contributed by atoms with E-state index < -0.39 is 0 Å². The van der Waals surface area contributed by atoms with Gasteiger partial charge in [-0.25, -0.2) is 0 Å². The Hall–Kier alpha value is -1.35. The first kappa shape index (κ1) is 17.0. The number of hydrogen-bond donors (Lipinski definition) is 1. The number of hydrogen-bond acceptors (Lipinski definition) is 2. The van der Waals surface area contributed by atoms with Crippen molar-refractivity contribution in [2.24, 2.45) is 11.8 Å². The fourth-order valence-corrected chi connectivity index (χ4v) is 2.91. The molecule has 3 heteroatoms. The molecule has 1 saturated heterocycles. The average molecular weight is 302 g/mol. The molecule has 2 rings (SSSR count). The zero-order valence-electron chi connectivity index (χ0n) is 14.4. The summed E-state index contributed by atoms with van der Waals surface area (Å²) in [5.41, 5.74) is 2.05. The van der Waals surface area contributed by atoms with Crippen LogP contribution in [0.3, 0.4) is 0 Å². The number of nitrogens with zero attached hydrogens (tertiary/aromatic N) is 1. The highest BCUT2D eigenvalue weighted by molar-refractivity contribution is 5.94. The first-order valence-corrected chi connectivity index (χ1v) is 8.58. The van der Waals surface area contributed by atoms with E-state index in [1.54, 1.807) is 0 Å². The second-order valence-corrected chi connectivity index (χ2v) is 7.19. The highest BCUT2D eigenvalue weighted by Gasteiger charge is 2.16. The summed E-state index contributed by atoms with van der Waals surface area (Å²) in [6, 6.07) is 8.28. The van der Waals surface area contributed by atoms with Crippen molar-refractivity contribution in [2.75, 3.05) is 13.1 Å². The lowest BCUT2D eigenvalue weighted by Crippen LogP contribution is -2.36. The summed E-state index contributed by atoms with van der Waals surface area (Å²) in [6.45, 7) is 12.0. The van der Waals surface area contributed by atoms with Gasteiger partial charge in [0.15, 0.2) is 0 Å². The smallest absolute Gasteiger partial charge is 0.251 e. The minimum atomic E-state index is 0.0272. The van der Waals surface area contributed by atoms with Crippen LogP contribution in [-0.4, -0.2) is 29.9 Å². The first-order chi connectivity index (χ1) is 10.5. The number of carbonyl (C=O) groups excluding carboxylic acids is 1. The van der Waals surface area contributed by atoms with Crippen LogP contribution >= 0.6 is 0 Å². The number of rotatable bonds is 5. The number of nitrogens with one attached hydrogen (secondary N) is 1. The molecule has 0 radical (unpaired) electrons. The molecule has 0 aromatic heterocycles. The maximum Gasteiger partial charge on any atom is 0.251 e. The van der Waals surface area contributed by atoms with E-state index in [1.807, 2.05) is 12.1 Å². The molecule has 0 bridgehead atoms. The summed E-state index contributed by atoms with van der Waals surface area (Å²) in [5, 5.41) is 3.05. The van der Waals surface area contributed by atoms with Crippen molar-refractivity contribution in [3.05, 3.63) is 35.4 Å². The minimum absolute atomic E-state index is 0.0272. The third-order valence-corrected chi connectivity index (χ3v) is 4.72. The molecule has 0 aliphatic carbocycles. The minimum Gasteiger partial charge on any atom is -0.349 e. The molecule has 1 aliphatic heterocycles. The van der Waals surface area contributed by atoms with Crippen LogP contribution in [0.2, 0.25) is 0 Å². The normalized spacial score (nSPS) is 20.9. The van der Waals surface area contributed by atoms with Gasteiger partial charge < -0.3 is 5.32 Å². The quantitative estimate of drug-likeness (QED) is 0.899. The van der Waals surface area contributed by atoms with Gasteiger partial charge in [-0.3, -0.25) is 9.69 Å². The van der Waals surface area contributed by atoms with Gasteiger partial charge in [-0.15, -0.1) is 0 Å². The SMILES string of the molecule is CC1CCCN(Cc2ccc(C(=O)NC(C)C(C)C)cc2)C1. The fraction of sp³-hybridized carbons (Fsp3) is 0.632. The highest BCUT2D eigenvalue weighted by atomic mass is 16.1. The van der Waals surface area contributed by atoms with Crippen LogP contribution in [0.1, 0.15) is 56.5 Å². The van der Waals surface area contributed by atoms with Crippen molar-refractivity contribution in [3.8, 4) is 0 Å². The van der Waals surface area contributed by atoms with E-state index in [0.29, 0.717) is 5.92 Å². The van der Waals surface area contributed by atoms with Gasteiger partial charge in [0.25, 0.3) is 5.91 Å². The molecule has 1 aromatic rings. The average Bonchev–Trinajstić information content (AvgIpc) is 2.47. The van der Waals surface area contributed by atoms with Crippen molar-refractivity contribution < 1.29 is 4.79 Å². The summed E-state index contributed by atoms with van der Waals surface area (Å²) in [4.78, 5) is 14.7. The Morgan fingerprint density at radius 3 is 2.55 bits per heavy atom. The van der Waals surface area contributed by atoms with Gasteiger partial charge >= 0.3 is 0 Å². The van der Waals surface area contributed by atoms with Gasteiger partial charge in [-0.2, -0.15) is 0 Å². The second-order valence-electron chi connectivity index (χ2n) is 7.19. The molecule has 2 atom stereocenters. The molecule has 122 valence electrons. The molecule has 1 amide bonds. The summed E-state index contributed by atoms with van der Waals surface area (Å²) in [5.74, 6) is 1.28. The molecule has 1 aromatic carbocycles. The van der Waals surface area contributed by atoms with Gasteiger partial charge in [0, 0.05) is 24.7 Å². The van der Waals surface area contributed by atoms with Gasteiger partial charge in [-0.1, -0.05) is 32.9 Å². The number of carbonyl (C=O) groups is 1. The van der Waals surface area contributed by atoms with Crippen LogP contribution in [0.25, 0.3) is 0 Å². The van der Waals surface area contributed by atoms with Gasteiger partial charge in [0.05, 0.1) is 0 Å². The Morgan fingerprint density at radius 1 is 1.27 bits per heavy atom. The van der Waals surface area contributed by atoms with Crippen molar-refractivity contribution in [1.29, 1.82) is 0 Å². The molecule has 1 fully saturated rings. The summed E-state index contributed by atoms with van der Waals surface area (Å²) in [7, 11) is 0. The Morgan fingerprint density at radius 2 is 1.95 bits per heavy atom. The predicted molar refractivity (Wildman–Crippen MR) is 91.9 cm³/mol. The third kappa shape index (κ3) is 4.84. The highest BCUT2D eigenvalue weighted by Crippen LogP contribution is 2.18. The zero-order chi connectivity index (χ0) is 16.1. The Balaban J connectivity index is 1.91. The molecule has 22 heavy (non-hydrogen) atoms. The number of piperidine rings is 1. The summed E-state index contributed by atoms with van der Waals surface area (Å²) >= 11 is 0. The maximum atomic E-state index is 12.2. The van der Waals surface area contributed by atoms with Crippen molar-refractivity contribution in [2.45, 2.75) is 53.1 Å². The van der Waals surface area contributed by atoms with Crippen LogP contribution < -0.4 is 5.32 Å². The molecule has 1 N–H and O–H groups in total. The lowest BCUT2D eigenvalue weighted by atomic mass is 9.99. The second kappa shape index (κ2) is 7.77. The van der Waals surface area contributed by atoms with Crippen molar-refractivity contribution >= 4 is 5.91 Å². The monoisotopic (exact) mass is 302 g/mol. The van der Waals surface area contributed by atoms with Gasteiger partial charge in [-0.05, 0) is 55.8 Å². The van der Waals surface area contributed by atoms with Crippen LogP contribution in [-0.2, 0) is 6.54 Å². The van der Waals surface area contributed by atoms with E-state index in [2.05, 4.69) is 50.0 Å². The molecular weight excluding hydrogens is 272 g/mol. The summed E-state index contributed by atoms with van der Waals surface area (Å²) in [6.07, 6.45) is 2.65. The Kier molecular flexibility index (Phi) is 6.01. The molecule has 1 heterocycles. The van der Waals surface area contributed by atoms with E-state index in [9.17, 15) is 4.79 Å². The fourth-order valence-electron chi connectivity index (χ4n) is 2.91. The van der Waals surface area contributed by atoms with Gasteiger partial charge in [0.2, 0.25) is 0 Å². The summed E-state index contributed by atoms with van der Waals surface area (Å²) < 4.78 is 0. The lowest BCUT2D eigenvalue weighted by Gasteiger charge is -2.30. The van der Waals surface area contributed by atoms with E-state index in [1.165, 1.54) is 31.5 Å². The molecule has 0 saturated carbocycles. The van der Waals surface area contributed by atoms with Crippen molar-refractivity contribution in [3.63, 3.8) is 0 Å². The first-order valence-electron chi connectivity index (χ1n) is 8.58. The Bertz CT molecular complexity index is 481. The van der Waals surface area contributed by atoms with Gasteiger partial charge in [0.1, 0.15) is 0 Å². The van der Waals surface area contributed by atoms with Crippen molar-refractivity contribution in [1.82, 2.24) is 10.2 Å².